The number of hydrogen-bond acceptors (Lipinski definition) is 6. The summed E-state index contributed by atoms with van der Waals surface area (Å²) < 4.78 is 11.8. The maximum Gasteiger partial charge on any atom is 0.170 e. The first-order valence-corrected chi connectivity index (χ1v) is 10.8. The van der Waals surface area contributed by atoms with Gasteiger partial charge in [-0.25, -0.2) is 0 Å². The minimum absolute atomic E-state index is 0.798. The van der Waals surface area contributed by atoms with E-state index in [9.17, 15) is 0 Å². The predicted octanol–water partition coefficient (Wildman–Crippen LogP) is 4.61. The van der Waals surface area contributed by atoms with Crippen LogP contribution in [0.5, 0.6) is 0 Å². The Bertz CT molecular complexity index is 1320. The van der Waals surface area contributed by atoms with Crippen LogP contribution in [0.3, 0.4) is 0 Å². The number of benzene rings is 2. The fraction of sp³-hybridized carbons (Fsp3) is 0.154. The van der Waals surface area contributed by atoms with Gasteiger partial charge in [-0.3, -0.25) is 9.98 Å². The molecular formula is C26H22N4O2. The van der Waals surface area contributed by atoms with Gasteiger partial charge < -0.3 is 19.5 Å². The van der Waals surface area contributed by atoms with E-state index in [4.69, 9.17) is 8.83 Å². The number of nitrogens with zero attached hydrogens (tertiary/aromatic N) is 2. The summed E-state index contributed by atoms with van der Waals surface area (Å²) in [7, 11) is 0. The number of aliphatic imine (C=N–C) groups is 2. The summed E-state index contributed by atoms with van der Waals surface area (Å²) in [4.78, 5) is 8.85. The average Bonchev–Trinajstić information content (AvgIpc) is 3.61. The zero-order valence-electron chi connectivity index (χ0n) is 17.5. The third-order valence-corrected chi connectivity index (χ3v) is 5.58. The van der Waals surface area contributed by atoms with Crippen LogP contribution in [-0.4, -0.2) is 37.9 Å². The van der Waals surface area contributed by atoms with Gasteiger partial charge >= 0.3 is 0 Å². The van der Waals surface area contributed by atoms with Gasteiger partial charge in [0.05, 0.1) is 13.1 Å². The molecule has 4 aromatic rings. The summed E-state index contributed by atoms with van der Waals surface area (Å²) in [5.41, 5.74) is 3.98. The van der Waals surface area contributed by atoms with Crippen molar-refractivity contribution in [2.75, 3.05) is 26.2 Å². The molecule has 2 aromatic carbocycles. The van der Waals surface area contributed by atoms with Crippen LogP contribution < -0.4 is 10.6 Å². The summed E-state index contributed by atoms with van der Waals surface area (Å²) in [6.07, 6.45) is 8.28. The van der Waals surface area contributed by atoms with Crippen LogP contribution in [0.2, 0.25) is 0 Å². The van der Waals surface area contributed by atoms with E-state index in [-0.39, 0.29) is 0 Å². The Hall–Kier alpha value is -4.06. The highest BCUT2D eigenvalue weighted by molar-refractivity contribution is 6.01. The van der Waals surface area contributed by atoms with Crippen LogP contribution in [0, 0.1) is 0 Å². The zero-order valence-corrected chi connectivity index (χ0v) is 17.5. The fourth-order valence-electron chi connectivity index (χ4n) is 4.02. The lowest BCUT2D eigenvalue weighted by Gasteiger charge is -1.95. The first-order valence-electron chi connectivity index (χ1n) is 10.8. The van der Waals surface area contributed by atoms with E-state index >= 15 is 0 Å². The number of amidine groups is 2. The summed E-state index contributed by atoms with van der Waals surface area (Å²) in [6.45, 7) is 3.34. The normalized spacial score (nSPS) is 16.2. The molecule has 6 nitrogen and oxygen atoms in total. The first kappa shape index (κ1) is 18.7. The Kier molecular flexibility index (Phi) is 4.61. The molecule has 0 amide bonds. The molecule has 158 valence electrons. The van der Waals surface area contributed by atoms with Crippen LogP contribution in [0.15, 0.2) is 79.5 Å². The van der Waals surface area contributed by atoms with Crippen LogP contribution in [-0.2, 0) is 0 Å². The van der Waals surface area contributed by atoms with Crippen LogP contribution >= 0.6 is 0 Å². The SMILES string of the molecule is C(/C=C/c1ccc2oc(C3=NCCN3)cc2c1)=C\c1ccc2oc(C3=NCCN3)cc2c1. The molecular weight excluding hydrogens is 400 g/mol. The Morgan fingerprint density at radius 2 is 1.16 bits per heavy atom. The monoisotopic (exact) mass is 422 g/mol. The Labute approximate surface area is 185 Å². The molecule has 6 heteroatoms. The van der Waals surface area contributed by atoms with Crippen molar-refractivity contribution in [3.8, 4) is 0 Å². The van der Waals surface area contributed by atoms with Gasteiger partial charge in [-0.1, -0.05) is 36.4 Å². The van der Waals surface area contributed by atoms with E-state index in [0.717, 1.165) is 82.4 Å². The van der Waals surface area contributed by atoms with Gasteiger partial charge in [-0.15, -0.1) is 0 Å². The Morgan fingerprint density at radius 1 is 0.656 bits per heavy atom. The van der Waals surface area contributed by atoms with Crippen molar-refractivity contribution in [2.24, 2.45) is 9.98 Å². The minimum Gasteiger partial charge on any atom is -0.453 e. The van der Waals surface area contributed by atoms with E-state index in [2.05, 4.69) is 57.0 Å². The fourth-order valence-corrected chi connectivity index (χ4v) is 4.02. The molecule has 2 aromatic heterocycles. The number of nitrogens with one attached hydrogen (secondary N) is 2. The summed E-state index contributed by atoms with van der Waals surface area (Å²) in [6, 6.07) is 16.5. The Morgan fingerprint density at radius 3 is 1.59 bits per heavy atom. The van der Waals surface area contributed by atoms with Gasteiger partial charge in [0.2, 0.25) is 0 Å². The molecule has 2 aliphatic rings. The van der Waals surface area contributed by atoms with E-state index in [1.807, 2.05) is 36.4 Å². The smallest absolute Gasteiger partial charge is 0.170 e. The molecule has 0 bridgehead atoms. The summed E-state index contributed by atoms with van der Waals surface area (Å²) in [5.74, 6) is 3.28. The maximum atomic E-state index is 5.91. The van der Waals surface area contributed by atoms with E-state index in [0.29, 0.717) is 0 Å². The highest BCUT2D eigenvalue weighted by Gasteiger charge is 2.14. The standard InChI is InChI=1S/C26H22N4O2/c1(3-17-5-7-21-19(13-17)15-23(31-21)25-27-9-10-28-25)2-4-18-6-8-22-20(14-18)16-24(32-22)26-29-11-12-30-26/h1-8,13-16H,9-12H2,(H,27,28)(H,29,30)/b3-1+,4-2+. The van der Waals surface area contributed by atoms with Crippen molar-refractivity contribution in [2.45, 2.75) is 0 Å². The summed E-state index contributed by atoms with van der Waals surface area (Å²) >= 11 is 0. The molecule has 6 rings (SSSR count). The Balaban J connectivity index is 1.17. The highest BCUT2D eigenvalue weighted by Crippen LogP contribution is 2.23. The molecule has 0 saturated heterocycles. The third-order valence-electron chi connectivity index (χ3n) is 5.58. The van der Waals surface area contributed by atoms with Gasteiger partial charge in [0.25, 0.3) is 0 Å². The molecule has 2 N–H and O–H groups in total. The molecule has 0 aliphatic carbocycles. The second-order valence-electron chi connectivity index (χ2n) is 7.85. The quantitative estimate of drug-likeness (QED) is 0.461. The summed E-state index contributed by atoms with van der Waals surface area (Å²) in [5, 5.41) is 8.65. The number of allylic oxidation sites excluding steroid dienone is 2. The van der Waals surface area contributed by atoms with Gasteiger partial charge in [0.15, 0.2) is 23.2 Å². The number of hydrogen-bond donors (Lipinski definition) is 2. The molecule has 0 saturated carbocycles. The van der Waals surface area contributed by atoms with Crippen molar-refractivity contribution >= 4 is 45.8 Å². The highest BCUT2D eigenvalue weighted by atomic mass is 16.3. The molecule has 32 heavy (non-hydrogen) atoms. The molecule has 2 aliphatic heterocycles. The largest absolute Gasteiger partial charge is 0.453 e. The topological polar surface area (TPSA) is 75.1 Å². The van der Waals surface area contributed by atoms with Crippen LogP contribution in [0.4, 0.5) is 0 Å². The average molecular weight is 422 g/mol. The number of fused-ring (bicyclic) bond motifs is 2. The number of rotatable bonds is 5. The van der Waals surface area contributed by atoms with Gasteiger partial charge in [-0.05, 0) is 47.5 Å². The van der Waals surface area contributed by atoms with Gasteiger partial charge in [0.1, 0.15) is 11.2 Å². The van der Waals surface area contributed by atoms with Crippen molar-refractivity contribution in [1.82, 2.24) is 10.6 Å². The minimum atomic E-state index is 0.798. The third kappa shape index (κ3) is 3.60. The molecule has 0 radical (unpaired) electrons. The van der Waals surface area contributed by atoms with Gasteiger partial charge in [0, 0.05) is 23.9 Å². The lowest BCUT2D eigenvalue weighted by atomic mass is 10.1. The lowest BCUT2D eigenvalue weighted by Crippen LogP contribution is -2.18. The van der Waals surface area contributed by atoms with Crippen molar-refractivity contribution in [3.63, 3.8) is 0 Å². The molecule has 0 unspecified atom stereocenters. The second-order valence-corrected chi connectivity index (χ2v) is 7.85. The van der Waals surface area contributed by atoms with Crippen molar-refractivity contribution in [1.29, 1.82) is 0 Å². The van der Waals surface area contributed by atoms with Crippen LogP contribution in [0.25, 0.3) is 34.1 Å². The van der Waals surface area contributed by atoms with E-state index < -0.39 is 0 Å². The predicted molar refractivity (Wildman–Crippen MR) is 129 cm³/mol. The zero-order chi connectivity index (χ0) is 21.3. The van der Waals surface area contributed by atoms with Gasteiger partial charge in [-0.2, -0.15) is 0 Å². The van der Waals surface area contributed by atoms with E-state index in [1.54, 1.807) is 0 Å². The van der Waals surface area contributed by atoms with Crippen LogP contribution in [0.1, 0.15) is 22.6 Å². The van der Waals surface area contributed by atoms with Crippen molar-refractivity contribution < 1.29 is 8.83 Å². The lowest BCUT2D eigenvalue weighted by molar-refractivity contribution is 0.601. The number of furan rings is 2. The molecule has 0 atom stereocenters. The first-order chi connectivity index (χ1) is 15.8. The molecule has 4 heterocycles. The molecule has 0 spiro atoms. The van der Waals surface area contributed by atoms with Crippen molar-refractivity contribution in [3.05, 3.63) is 83.3 Å². The van der Waals surface area contributed by atoms with E-state index in [1.165, 1.54) is 0 Å². The second kappa shape index (κ2) is 7.89. The maximum absolute atomic E-state index is 5.91. The molecule has 0 fully saturated rings.